The first-order valence-corrected chi connectivity index (χ1v) is 8.12. The highest BCUT2D eigenvalue weighted by atomic mass is 32.2. The molecule has 1 aromatic rings. The zero-order valence-electron chi connectivity index (χ0n) is 12.6. The molecule has 0 aliphatic carbocycles. The Bertz CT molecular complexity index is 459. The number of nitrogens with zero attached hydrogens (tertiary/aromatic N) is 1. The Morgan fingerprint density at radius 2 is 1.65 bits per heavy atom. The first-order valence-electron chi connectivity index (χ1n) is 6.94. The second-order valence-corrected chi connectivity index (χ2v) is 6.68. The second kappa shape index (κ2) is 7.76. The van der Waals surface area contributed by atoms with Crippen molar-refractivity contribution in [1.29, 1.82) is 0 Å². The van der Waals surface area contributed by atoms with Crippen LogP contribution in [0.5, 0.6) is 0 Å². The Hall–Kier alpha value is -0.910. The lowest BCUT2D eigenvalue weighted by Crippen LogP contribution is -2.42. The van der Waals surface area contributed by atoms with Gasteiger partial charge in [0.05, 0.1) is 32.1 Å². The Balaban J connectivity index is 2.68. The van der Waals surface area contributed by atoms with Crippen LogP contribution in [0.2, 0.25) is 0 Å². The van der Waals surface area contributed by atoms with Crippen molar-refractivity contribution in [2.75, 3.05) is 25.0 Å². The van der Waals surface area contributed by atoms with Crippen molar-refractivity contribution in [2.45, 2.75) is 27.7 Å². The molecule has 1 N–H and O–H groups in total. The van der Waals surface area contributed by atoms with E-state index < -0.39 is 0 Å². The second-order valence-electron chi connectivity index (χ2n) is 4.64. The molecule has 109 valence electrons. The summed E-state index contributed by atoms with van der Waals surface area (Å²) in [7, 11) is 0. The van der Waals surface area contributed by atoms with Gasteiger partial charge in [-0.2, -0.15) is 0 Å². The maximum atomic E-state index is 11.2. The van der Waals surface area contributed by atoms with Crippen molar-refractivity contribution in [3.8, 4) is 0 Å². The van der Waals surface area contributed by atoms with Crippen LogP contribution in [0.1, 0.15) is 38.1 Å². The van der Waals surface area contributed by atoms with Crippen molar-refractivity contribution in [3.63, 3.8) is 0 Å². The molecule has 0 amide bonds. The van der Waals surface area contributed by atoms with Crippen LogP contribution >= 0.6 is 24.2 Å². The number of carbonyl (C=O) groups is 1. The maximum Gasteiger partial charge on any atom is 0.471 e. The standard InChI is InChI=1S/C15H22N2OS2/c1-5-17(6-2,7-3)20-15(19)16-14-10-8-13(9-11-14)12(4)18/h8-11H,5-7H2,1-4H3/q+1/p+1. The van der Waals surface area contributed by atoms with Gasteiger partial charge >= 0.3 is 5.78 Å². The monoisotopic (exact) mass is 311 g/mol. The van der Waals surface area contributed by atoms with Gasteiger partial charge in [-0.15, -0.1) is 0 Å². The van der Waals surface area contributed by atoms with E-state index in [1.807, 2.05) is 24.3 Å². The summed E-state index contributed by atoms with van der Waals surface area (Å²) >= 11 is 7.13. The highest BCUT2D eigenvalue weighted by Crippen LogP contribution is 2.24. The van der Waals surface area contributed by atoms with Gasteiger partial charge in [-0.1, -0.05) is 0 Å². The molecule has 0 spiro atoms. The average molecular weight is 311 g/mol. The zero-order valence-corrected chi connectivity index (χ0v) is 14.2. The number of Topliss-reactive ketones (excluding diaryl/α,β-unsaturated/α-hetero) is 1. The number of nitrogens with one attached hydrogen (secondary N) is 1. The van der Waals surface area contributed by atoms with Crippen LogP contribution in [-0.2, 0) is 0 Å². The van der Waals surface area contributed by atoms with E-state index in [0.29, 0.717) is 0 Å². The molecule has 0 fully saturated rings. The number of benzene rings is 1. The Morgan fingerprint density at radius 1 is 1.15 bits per heavy atom. The lowest BCUT2D eigenvalue weighted by molar-refractivity contribution is -0.788. The third-order valence-corrected chi connectivity index (χ3v) is 5.30. The summed E-state index contributed by atoms with van der Waals surface area (Å²) in [4.78, 5) is 11.2. The number of anilines is 1. The fourth-order valence-corrected chi connectivity index (χ4v) is 3.46. The van der Waals surface area contributed by atoms with E-state index in [1.165, 1.54) is 0 Å². The summed E-state index contributed by atoms with van der Waals surface area (Å²) in [6.45, 7) is 11.3. The predicted molar refractivity (Wildman–Crippen MR) is 92.1 cm³/mol. The third kappa shape index (κ3) is 4.58. The molecule has 0 unspecified atom stereocenters. The van der Waals surface area contributed by atoms with Gasteiger partial charge in [0.15, 0.2) is 4.32 Å². The van der Waals surface area contributed by atoms with Gasteiger partial charge in [0.25, 0.3) is 0 Å². The summed E-state index contributed by atoms with van der Waals surface area (Å²) in [5.74, 6) is 0.0761. The van der Waals surface area contributed by atoms with Gasteiger partial charge < -0.3 is 5.32 Å². The zero-order chi connectivity index (χ0) is 15.2. The molecule has 1 aromatic carbocycles. The summed E-state index contributed by atoms with van der Waals surface area (Å²) in [5, 5.41) is 3.23. The average Bonchev–Trinajstić information content (AvgIpc) is 2.45. The quantitative estimate of drug-likeness (QED) is 0.282. The van der Waals surface area contributed by atoms with Crippen molar-refractivity contribution in [3.05, 3.63) is 29.8 Å². The van der Waals surface area contributed by atoms with Gasteiger partial charge in [-0.3, -0.25) is 3.89 Å². The molecule has 0 bridgehead atoms. The van der Waals surface area contributed by atoms with Crippen molar-refractivity contribution >= 4 is 40.0 Å². The molecule has 0 atom stereocenters. The Labute approximate surface area is 131 Å². The predicted octanol–water partition coefficient (Wildman–Crippen LogP) is 4.11. The molecule has 1 rings (SSSR count). The molecule has 0 aliphatic heterocycles. The number of ketones is 1. The number of hydrogen-bond donors (Lipinski definition) is 1. The van der Waals surface area contributed by atoms with E-state index in [9.17, 15) is 4.79 Å². The van der Waals surface area contributed by atoms with Gasteiger partial charge in [0.2, 0.25) is 4.79 Å². The number of quaternary nitrogens is 1. The minimum absolute atomic E-state index is 0.0761. The minimum atomic E-state index is 0.0761. The molecular formula is C15H23N2OS2+2. The van der Waals surface area contributed by atoms with Crippen LogP contribution in [-0.4, -0.2) is 33.6 Å². The molecule has 0 aliphatic rings. The topological polar surface area (TPSA) is 31.9 Å². The highest BCUT2D eigenvalue weighted by molar-refractivity contribution is 8.19. The number of carbonyl (C=O) groups excluding carboxylic acids is 1. The molecule has 1 radical (unpaired) electrons. The van der Waals surface area contributed by atoms with Crippen LogP contribution in [0.4, 0.5) is 5.69 Å². The lowest BCUT2D eigenvalue weighted by Gasteiger charge is -2.32. The van der Waals surface area contributed by atoms with E-state index in [4.69, 9.17) is 12.2 Å². The largest absolute Gasteiger partial charge is 0.471 e. The molecule has 0 aromatic heterocycles. The van der Waals surface area contributed by atoms with Crippen molar-refractivity contribution < 1.29 is 8.68 Å². The minimum Gasteiger partial charge on any atom is -0.337 e. The van der Waals surface area contributed by atoms with Gasteiger partial charge in [0.1, 0.15) is 11.9 Å². The number of hydrogen-bond acceptors (Lipinski definition) is 3. The van der Waals surface area contributed by atoms with E-state index in [1.54, 1.807) is 18.9 Å². The molecule has 0 saturated heterocycles. The Kier molecular flexibility index (Phi) is 6.65. The Morgan fingerprint density at radius 3 is 2.05 bits per heavy atom. The maximum absolute atomic E-state index is 11.2. The first-order chi connectivity index (χ1) is 9.46. The van der Waals surface area contributed by atoms with Crippen LogP contribution in [0.3, 0.4) is 0 Å². The molecule has 0 saturated carbocycles. The van der Waals surface area contributed by atoms with E-state index in [2.05, 4.69) is 26.1 Å². The molecule has 20 heavy (non-hydrogen) atoms. The van der Waals surface area contributed by atoms with E-state index in [-0.39, 0.29) is 5.78 Å². The molecule has 5 heteroatoms. The lowest BCUT2D eigenvalue weighted by atomic mass is 10.1. The highest BCUT2D eigenvalue weighted by Gasteiger charge is 2.25. The van der Waals surface area contributed by atoms with E-state index >= 15 is 0 Å². The van der Waals surface area contributed by atoms with Gasteiger partial charge in [-0.05, 0) is 57.3 Å². The molecule has 3 nitrogen and oxygen atoms in total. The van der Waals surface area contributed by atoms with Gasteiger partial charge in [-0.25, -0.2) is 0 Å². The number of thiocarbonyl (C=S) groups is 1. The summed E-state index contributed by atoms with van der Waals surface area (Å²) < 4.78 is 1.68. The van der Waals surface area contributed by atoms with Crippen LogP contribution in [0.25, 0.3) is 0 Å². The van der Waals surface area contributed by atoms with Crippen LogP contribution in [0.15, 0.2) is 24.3 Å². The normalized spacial score (nSPS) is 11.2. The van der Waals surface area contributed by atoms with E-state index in [0.717, 1.165) is 39.1 Å². The van der Waals surface area contributed by atoms with Crippen molar-refractivity contribution in [1.82, 2.24) is 0 Å². The molecular weight excluding hydrogens is 288 g/mol. The number of rotatable bonds is 6. The summed E-state index contributed by atoms with van der Waals surface area (Å²) in [6, 6.07) is 7.42. The van der Waals surface area contributed by atoms with Gasteiger partial charge in [0, 0.05) is 5.69 Å². The van der Waals surface area contributed by atoms with Crippen molar-refractivity contribution in [2.24, 2.45) is 0 Å². The third-order valence-electron chi connectivity index (χ3n) is 3.54. The van der Waals surface area contributed by atoms with Crippen LogP contribution in [0, 0.1) is 0 Å². The fraction of sp³-hybridized carbons (Fsp3) is 0.467. The first kappa shape index (κ1) is 17.1. The van der Waals surface area contributed by atoms with Crippen LogP contribution < -0.4 is 5.32 Å². The molecule has 0 heterocycles. The SMILES string of the molecule is CC[N+](CC)(CC)SC(=S)Nc1ccc(C(C)=[O+])cc1. The summed E-state index contributed by atoms with van der Waals surface area (Å²) in [5.41, 5.74) is 1.64. The smallest absolute Gasteiger partial charge is 0.337 e. The summed E-state index contributed by atoms with van der Waals surface area (Å²) in [6.07, 6.45) is 0. The fourth-order valence-electron chi connectivity index (χ4n) is 1.97.